The highest BCUT2D eigenvalue weighted by Gasteiger charge is 2.03. The van der Waals surface area contributed by atoms with Crippen molar-refractivity contribution in [3.8, 4) is 11.3 Å². The van der Waals surface area contributed by atoms with Crippen LogP contribution in [-0.2, 0) is 0 Å². The molecule has 1 aromatic carbocycles. The summed E-state index contributed by atoms with van der Waals surface area (Å²) in [6.07, 6.45) is 1.19. The van der Waals surface area contributed by atoms with E-state index in [1.807, 2.05) is 30.3 Å². The maximum Gasteiger partial charge on any atom is 0.181 e. The van der Waals surface area contributed by atoms with E-state index >= 15 is 0 Å². The molecule has 0 radical (unpaired) electrons. The van der Waals surface area contributed by atoms with Crippen LogP contribution >= 0.6 is 0 Å². The molecule has 1 aromatic heterocycles. The van der Waals surface area contributed by atoms with Crippen LogP contribution in [0.15, 0.2) is 46.1 Å². The van der Waals surface area contributed by atoms with Gasteiger partial charge in [0.2, 0.25) is 0 Å². The summed E-state index contributed by atoms with van der Waals surface area (Å²) in [5.41, 5.74) is 1.69. The van der Waals surface area contributed by atoms with Gasteiger partial charge >= 0.3 is 0 Å². The lowest BCUT2D eigenvalue weighted by Crippen LogP contribution is -1.74. The predicted octanol–water partition coefficient (Wildman–Crippen LogP) is 2.15. The molecule has 14 heavy (non-hydrogen) atoms. The monoisotopic (exact) mass is 188 g/mol. The van der Waals surface area contributed by atoms with Crippen molar-refractivity contribution in [2.45, 2.75) is 0 Å². The third-order valence-corrected chi connectivity index (χ3v) is 1.78. The quantitative estimate of drug-likeness (QED) is 0.446. The number of hydrogen-bond donors (Lipinski definition) is 1. The van der Waals surface area contributed by atoms with Gasteiger partial charge in [-0.05, 0) is 0 Å². The molecule has 2 aromatic rings. The number of rotatable bonds is 2. The van der Waals surface area contributed by atoms with Crippen molar-refractivity contribution in [2.75, 3.05) is 0 Å². The number of oxime groups is 1. The number of benzene rings is 1. The lowest BCUT2D eigenvalue weighted by Gasteiger charge is -1.90. The Bertz CT molecular complexity index is 434. The minimum atomic E-state index is 0.423. The van der Waals surface area contributed by atoms with E-state index in [9.17, 15) is 0 Å². The summed E-state index contributed by atoms with van der Waals surface area (Å²) in [6.45, 7) is 0. The molecule has 0 aliphatic carbocycles. The lowest BCUT2D eigenvalue weighted by atomic mass is 10.1. The fraction of sp³-hybridized carbons (Fsp3) is 0. The Morgan fingerprint density at radius 3 is 2.79 bits per heavy atom. The fourth-order valence-corrected chi connectivity index (χ4v) is 1.15. The zero-order chi connectivity index (χ0) is 9.80. The average Bonchev–Trinajstić information content (AvgIpc) is 2.68. The van der Waals surface area contributed by atoms with Gasteiger partial charge in [0.15, 0.2) is 5.76 Å². The van der Waals surface area contributed by atoms with E-state index in [0.717, 1.165) is 11.3 Å². The molecule has 70 valence electrons. The highest BCUT2D eigenvalue weighted by molar-refractivity contribution is 5.77. The zero-order valence-electron chi connectivity index (χ0n) is 7.29. The highest BCUT2D eigenvalue weighted by Crippen LogP contribution is 2.17. The molecule has 4 heteroatoms. The minimum Gasteiger partial charge on any atom is -0.411 e. The topological polar surface area (TPSA) is 58.6 Å². The van der Waals surface area contributed by atoms with Gasteiger partial charge in [0.25, 0.3) is 0 Å². The van der Waals surface area contributed by atoms with Gasteiger partial charge in [0.1, 0.15) is 11.9 Å². The van der Waals surface area contributed by atoms with Gasteiger partial charge in [-0.1, -0.05) is 40.6 Å². The first-order valence-electron chi connectivity index (χ1n) is 4.10. The van der Waals surface area contributed by atoms with Crippen molar-refractivity contribution in [2.24, 2.45) is 5.16 Å². The van der Waals surface area contributed by atoms with Crippen molar-refractivity contribution in [3.05, 3.63) is 42.2 Å². The van der Waals surface area contributed by atoms with E-state index in [-0.39, 0.29) is 0 Å². The molecule has 0 saturated carbocycles. The summed E-state index contributed by atoms with van der Waals surface area (Å²) in [6, 6.07) is 11.3. The van der Waals surface area contributed by atoms with Crippen molar-refractivity contribution >= 4 is 6.21 Å². The molecule has 1 N–H and O–H groups in total. The summed E-state index contributed by atoms with van der Waals surface area (Å²) < 4.78 is 4.90. The van der Waals surface area contributed by atoms with Crippen LogP contribution in [0.2, 0.25) is 0 Å². The second-order valence-electron chi connectivity index (χ2n) is 2.73. The molecule has 4 nitrogen and oxygen atoms in total. The van der Waals surface area contributed by atoms with Crippen LogP contribution in [0.5, 0.6) is 0 Å². The average molecular weight is 188 g/mol. The predicted molar refractivity (Wildman–Crippen MR) is 51.3 cm³/mol. The Morgan fingerprint density at radius 1 is 1.29 bits per heavy atom. The van der Waals surface area contributed by atoms with Crippen LogP contribution < -0.4 is 0 Å². The highest BCUT2D eigenvalue weighted by atomic mass is 16.5. The van der Waals surface area contributed by atoms with E-state index in [1.165, 1.54) is 6.21 Å². The lowest BCUT2D eigenvalue weighted by molar-refractivity contribution is 0.319. The summed E-state index contributed by atoms with van der Waals surface area (Å²) in [4.78, 5) is 0. The Balaban J connectivity index is 2.34. The van der Waals surface area contributed by atoms with Crippen LogP contribution in [0.4, 0.5) is 0 Å². The smallest absolute Gasteiger partial charge is 0.181 e. The standard InChI is InChI=1S/C10H8N2O2/c13-11-7-9-6-10(12-14-9)8-4-2-1-3-5-8/h1-7,13H/b11-7-. The molecular formula is C10H8N2O2. The van der Waals surface area contributed by atoms with E-state index in [1.54, 1.807) is 6.07 Å². The first kappa shape index (κ1) is 8.50. The summed E-state index contributed by atoms with van der Waals surface area (Å²) in [5, 5.41) is 15.0. The van der Waals surface area contributed by atoms with Crippen molar-refractivity contribution in [3.63, 3.8) is 0 Å². The molecule has 0 aliphatic heterocycles. The molecule has 0 aliphatic rings. The van der Waals surface area contributed by atoms with E-state index in [4.69, 9.17) is 9.73 Å². The van der Waals surface area contributed by atoms with Crippen LogP contribution in [-0.4, -0.2) is 16.6 Å². The Kier molecular flexibility index (Phi) is 2.27. The second kappa shape index (κ2) is 3.74. The molecule has 1 heterocycles. The maximum atomic E-state index is 8.28. The molecule has 0 saturated heterocycles. The van der Waals surface area contributed by atoms with Gasteiger partial charge < -0.3 is 9.73 Å². The Labute approximate surface area is 80.5 Å². The van der Waals surface area contributed by atoms with Crippen molar-refractivity contribution in [1.82, 2.24) is 5.16 Å². The van der Waals surface area contributed by atoms with Gasteiger partial charge in [0, 0.05) is 11.6 Å². The maximum absolute atomic E-state index is 8.28. The zero-order valence-corrected chi connectivity index (χ0v) is 7.29. The summed E-state index contributed by atoms with van der Waals surface area (Å²) in [7, 11) is 0. The summed E-state index contributed by atoms with van der Waals surface area (Å²) in [5.74, 6) is 0.423. The normalized spacial score (nSPS) is 10.9. The van der Waals surface area contributed by atoms with E-state index in [2.05, 4.69) is 10.3 Å². The number of aromatic nitrogens is 1. The van der Waals surface area contributed by atoms with Crippen LogP contribution in [0, 0.1) is 0 Å². The molecule has 0 amide bonds. The van der Waals surface area contributed by atoms with Gasteiger partial charge in [-0.2, -0.15) is 0 Å². The second-order valence-corrected chi connectivity index (χ2v) is 2.73. The fourth-order valence-electron chi connectivity index (χ4n) is 1.15. The molecule has 2 rings (SSSR count). The molecule has 0 bridgehead atoms. The van der Waals surface area contributed by atoms with E-state index in [0.29, 0.717) is 5.76 Å². The van der Waals surface area contributed by atoms with Crippen LogP contribution in [0.1, 0.15) is 5.76 Å². The minimum absolute atomic E-state index is 0.423. The molecule has 0 fully saturated rings. The first-order chi connectivity index (χ1) is 6.90. The molecule has 0 spiro atoms. The van der Waals surface area contributed by atoms with Crippen molar-refractivity contribution in [1.29, 1.82) is 0 Å². The van der Waals surface area contributed by atoms with Gasteiger partial charge in [-0.15, -0.1) is 0 Å². The molecular weight excluding hydrogens is 180 g/mol. The SMILES string of the molecule is O/N=C\c1cc(-c2ccccc2)no1. The number of nitrogens with zero attached hydrogens (tertiary/aromatic N) is 2. The summed E-state index contributed by atoms with van der Waals surface area (Å²) >= 11 is 0. The largest absolute Gasteiger partial charge is 0.411 e. The Hall–Kier alpha value is -2.10. The third kappa shape index (κ3) is 1.64. The van der Waals surface area contributed by atoms with Gasteiger partial charge in [-0.25, -0.2) is 0 Å². The Morgan fingerprint density at radius 2 is 2.07 bits per heavy atom. The van der Waals surface area contributed by atoms with Crippen LogP contribution in [0.3, 0.4) is 0 Å². The van der Waals surface area contributed by atoms with Gasteiger partial charge in [0.05, 0.1) is 0 Å². The van der Waals surface area contributed by atoms with E-state index < -0.39 is 0 Å². The molecule has 0 unspecified atom stereocenters. The molecule has 0 atom stereocenters. The first-order valence-corrected chi connectivity index (χ1v) is 4.10. The van der Waals surface area contributed by atoms with Gasteiger partial charge in [-0.3, -0.25) is 0 Å². The van der Waals surface area contributed by atoms with Crippen molar-refractivity contribution < 1.29 is 9.73 Å². The van der Waals surface area contributed by atoms with Crippen LogP contribution in [0.25, 0.3) is 11.3 Å². The third-order valence-electron chi connectivity index (χ3n) is 1.78. The number of hydrogen-bond acceptors (Lipinski definition) is 4.